The first kappa shape index (κ1) is 32.8. The van der Waals surface area contributed by atoms with E-state index in [1.165, 1.54) is 23.5 Å². The molecule has 0 bridgehead atoms. The zero-order chi connectivity index (χ0) is 30.9. The molecule has 3 rings (SSSR count). The Balaban J connectivity index is 1.82. The van der Waals surface area contributed by atoms with E-state index in [0.29, 0.717) is 17.7 Å². The Bertz CT molecular complexity index is 1310. The fourth-order valence-electron chi connectivity index (χ4n) is 4.40. The third kappa shape index (κ3) is 9.17. The molecule has 9 nitrogen and oxygen atoms in total. The number of hydroxylamine groups is 1. The van der Waals surface area contributed by atoms with Gasteiger partial charge in [0.15, 0.2) is 0 Å². The van der Waals surface area contributed by atoms with Crippen molar-refractivity contribution in [1.82, 2.24) is 26.0 Å². The van der Waals surface area contributed by atoms with Crippen LogP contribution in [-0.2, 0) is 28.0 Å². The average molecular weight is 598 g/mol. The first-order valence-electron chi connectivity index (χ1n) is 13.9. The van der Waals surface area contributed by atoms with Crippen LogP contribution in [0, 0.1) is 11.7 Å². The summed E-state index contributed by atoms with van der Waals surface area (Å²) in [4.78, 5) is 45.3. The van der Waals surface area contributed by atoms with E-state index in [9.17, 15) is 24.0 Å². The SMILES string of the molecule is CC[C@@H](C)[C@@H](NCN(Cc1ccc(F)cc1)C(=O)c1ccc(C(C)(C)C)cc1)C(=O)N[C@H](Cc1cscn1)C(=O)NO. The third-order valence-corrected chi connectivity index (χ3v) is 7.84. The summed E-state index contributed by atoms with van der Waals surface area (Å²) in [7, 11) is 0. The predicted octanol–water partition coefficient (Wildman–Crippen LogP) is 4.42. The number of aromatic nitrogens is 1. The van der Waals surface area contributed by atoms with Crippen LogP contribution >= 0.6 is 11.3 Å². The van der Waals surface area contributed by atoms with Gasteiger partial charge in [0.1, 0.15) is 11.9 Å². The standard InChI is InChI=1S/C31H40FN5O4S/c1-6-20(2)27(29(39)35-26(28(38)36-41)15-25-17-42-19-34-25)33-18-37(16-21-7-13-24(32)14-8-21)30(40)22-9-11-23(12-10-22)31(3,4)5/h7-14,17,19-20,26-27,33,41H,6,15-16,18H2,1-5H3,(H,35,39)(H,36,38)/t20-,26-,27-/m1/s1. The monoisotopic (exact) mass is 597 g/mol. The number of amides is 3. The second-order valence-corrected chi connectivity index (χ2v) is 12.1. The van der Waals surface area contributed by atoms with Gasteiger partial charge in [-0.2, -0.15) is 0 Å². The number of hydrogen-bond donors (Lipinski definition) is 4. The molecule has 1 aromatic heterocycles. The van der Waals surface area contributed by atoms with Crippen molar-refractivity contribution in [2.75, 3.05) is 6.67 Å². The molecule has 0 aliphatic heterocycles. The van der Waals surface area contributed by atoms with Crippen molar-refractivity contribution in [3.63, 3.8) is 0 Å². The van der Waals surface area contributed by atoms with E-state index in [0.717, 1.165) is 11.1 Å². The van der Waals surface area contributed by atoms with Crippen LogP contribution in [0.2, 0.25) is 0 Å². The lowest BCUT2D eigenvalue weighted by atomic mass is 9.86. The summed E-state index contributed by atoms with van der Waals surface area (Å²) < 4.78 is 13.6. The van der Waals surface area contributed by atoms with E-state index in [1.54, 1.807) is 45.5 Å². The molecule has 1 heterocycles. The Kier molecular flexibility index (Phi) is 11.7. The van der Waals surface area contributed by atoms with Crippen LogP contribution < -0.4 is 16.1 Å². The van der Waals surface area contributed by atoms with Gasteiger partial charge < -0.3 is 10.2 Å². The lowest BCUT2D eigenvalue weighted by Gasteiger charge is -2.30. The molecule has 2 aromatic carbocycles. The molecule has 0 saturated carbocycles. The molecule has 11 heteroatoms. The van der Waals surface area contributed by atoms with Gasteiger partial charge in [-0.05, 0) is 46.7 Å². The Morgan fingerprint density at radius 2 is 1.71 bits per heavy atom. The Morgan fingerprint density at radius 1 is 1.05 bits per heavy atom. The molecule has 0 aliphatic carbocycles. The van der Waals surface area contributed by atoms with Crippen molar-refractivity contribution in [2.45, 2.75) is 71.5 Å². The Labute approximate surface area is 250 Å². The second kappa shape index (κ2) is 15.0. The van der Waals surface area contributed by atoms with Gasteiger partial charge in [0, 0.05) is 23.9 Å². The molecule has 0 spiro atoms. The molecule has 3 amide bonds. The zero-order valence-electron chi connectivity index (χ0n) is 24.7. The Hall–Kier alpha value is -3.67. The summed E-state index contributed by atoms with van der Waals surface area (Å²) in [5, 5.41) is 17.0. The van der Waals surface area contributed by atoms with E-state index in [1.807, 2.05) is 26.0 Å². The van der Waals surface area contributed by atoms with Gasteiger partial charge in [-0.3, -0.25) is 24.9 Å². The minimum Gasteiger partial charge on any atom is -0.342 e. The molecule has 226 valence electrons. The van der Waals surface area contributed by atoms with Crippen LogP contribution in [0.3, 0.4) is 0 Å². The quantitative estimate of drug-likeness (QED) is 0.131. The van der Waals surface area contributed by atoms with Crippen LogP contribution in [-0.4, -0.2) is 51.6 Å². The van der Waals surface area contributed by atoms with Crippen molar-refractivity contribution >= 4 is 29.1 Å². The highest BCUT2D eigenvalue weighted by Crippen LogP contribution is 2.23. The van der Waals surface area contributed by atoms with E-state index in [4.69, 9.17) is 0 Å². The van der Waals surface area contributed by atoms with E-state index in [2.05, 4.69) is 36.4 Å². The van der Waals surface area contributed by atoms with Crippen molar-refractivity contribution in [1.29, 1.82) is 0 Å². The Morgan fingerprint density at radius 3 is 2.26 bits per heavy atom. The van der Waals surface area contributed by atoms with Crippen molar-refractivity contribution in [2.24, 2.45) is 5.92 Å². The highest BCUT2D eigenvalue weighted by Gasteiger charge is 2.30. The normalized spacial score (nSPS) is 13.6. The van der Waals surface area contributed by atoms with Gasteiger partial charge in [0.05, 0.1) is 23.9 Å². The lowest BCUT2D eigenvalue weighted by Crippen LogP contribution is -2.56. The van der Waals surface area contributed by atoms with E-state index >= 15 is 0 Å². The van der Waals surface area contributed by atoms with Crippen molar-refractivity contribution in [3.8, 4) is 0 Å². The summed E-state index contributed by atoms with van der Waals surface area (Å²) in [5.74, 6) is -1.99. The first-order chi connectivity index (χ1) is 19.9. The molecule has 0 saturated heterocycles. The molecular weight excluding hydrogens is 557 g/mol. The number of nitrogens with one attached hydrogen (secondary N) is 3. The van der Waals surface area contributed by atoms with E-state index in [-0.39, 0.29) is 42.7 Å². The maximum Gasteiger partial charge on any atom is 0.266 e. The molecule has 0 aliphatic rings. The van der Waals surface area contributed by atoms with Gasteiger partial charge in [-0.25, -0.2) is 14.9 Å². The minimum absolute atomic E-state index is 0.0165. The third-order valence-electron chi connectivity index (χ3n) is 7.21. The highest BCUT2D eigenvalue weighted by atomic mass is 32.1. The topological polar surface area (TPSA) is 124 Å². The fourth-order valence-corrected chi connectivity index (χ4v) is 4.97. The fraction of sp³-hybridized carbons (Fsp3) is 0.419. The maximum atomic E-state index is 13.7. The average Bonchev–Trinajstić information content (AvgIpc) is 3.49. The summed E-state index contributed by atoms with van der Waals surface area (Å²) in [5.41, 5.74) is 6.08. The largest absolute Gasteiger partial charge is 0.342 e. The van der Waals surface area contributed by atoms with Crippen LogP contribution in [0.4, 0.5) is 4.39 Å². The van der Waals surface area contributed by atoms with Crippen LogP contribution in [0.5, 0.6) is 0 Å². The molecule has 4 N–H and O–H groups in total. The lowest BCUT2D eigenvalue weighted by molar-refractivity contribution is -0.135. The molecule has 0 fully saturated rings. The number of thiazole rings is 1. The van der Waals surface area contributed by atoms with E-state index < -0.39 is 23.9 Å². The number of carbonyl (C=O) groups is 3. The highest BCUT2D eigenvalue weighted by molar-refractivity contribution is 7.07. The maximum absolute atomic E-state index is 13.7. The van der Waals surface area contributed by atoms with Gasteiger partial charge >= 0.3 is 0 Å². The van der Waals surface area contributed by atoms with Crippen LogP contribution in [0.1, 0.15) is 68.2 Å². The molecule has 3 atom stereocenters. The molecule has 3 aromatic rings. The van der Waals surface area contributed by atoms with Gasteiger partial charge in [-0.1, -0.05) is 65.3 Å². The summed E-state index contributed by atoms with van der Waals surface area (Å²) >= 11 is 1.36. The number of hydrogen-bond acceptors (Lipinski definition) is 7. The summed E-state index contributed by atoms with van der Waals surface area (Å²) in [6, 6.07) is 11.6. The first-order valence-corrected chi connectivity index (χ1v) is 14.9. The van der Waals surface area contributed by atoms with Gasteiger partial charge in [0.2, 0.25) is 5.91 Å². The second-order valence-electron chi connectivity index (χ2n) is 11.4. The molecule has 42 heavy (non-hydrogen) atoms. The number of halogens is 1. The minimum atomic E-state index is -1.05. The number of nitrogens with zero attached hydrogens (tertiary/aromatic N) is 2. The van der Waals surface area contributed by atoms with Crippen molar-refractivity contribution < 1.29 is 24.0 Å². The molecular formula is C31H40FN5O4S. The number of rotatable bonds is 13. The smallest absolute Gasteiger partial charge is 0.266 e. The van der Waals surface area contributed by atoms with Gasteiger partial charge in [-0.15, -0.1) is 11.3 Å². The molecule has 0 unspecified atom stereocenters. The van der Waals surface area contributed by atoms with Gasteiger partial charge in [0.25, 0.3) is 11.8 Å². The summed E-state index contributed by atoms with van der Waals surface area (Å²) in [6.07, 6.45) is 0.753. The van der Waals surface area contributed by atoms with Crippen LogP contribution in [0.15, 0.2) is 59.4 Å². The number of benzene rings is 2. The summed E-state index contributed by atoms with van der Waals surface area (Å²) in [6.45, 7) is 10.3. The zero-order valence-corrected chi connectivity index (χ0v) is 25.5. The van der Waals surface area contributed by atoms with Crippen LogP contribution in [0.25, 0.3) is 0 Å². The molecule has 0 radical (unpaired) electrons. The number of carbonyl (C=O) groups excluding carboxylic acids is 3. The predicted molar refractivity (Wildman–Crippen MR) is 160 cm³/mol. The van der Waals surface area contributed by atoms with Crippen molar-refractivity contribution in [3.05, 3.63) is 87.6 Å².